The van der Waals surface area contributed by atoms with Crippen LogP contribution < -0.4 is 15.4 Å². The molecule has 0 saturated heterocycles. The lowest BCUT2D eigenvalue weighted by atomic mass is 10.1. The second-order valence-corrected chi connectivity index (χ2v) is 7.08. The van der Waals surface area contributed by atoms with Crippen LogP contribution in [0.5, 0.6) is 5.75 Å². The first-order chi connectivity index (χ1) is 11.0. The molecule has 1 rings (SSSR count). The monoisotopic (exact) mass is 335 g/mol. The van der Waals surface area contributed by atoms with Gasteiger partial charge in [-0.1, -0.05) is 6.07 Å². The Hall–Kier alpha value is -2.08. The molecule has 134 valence electrons. The fourth-order valence-corrected chi connectivity index (χ4v) is 2.18. The molecule has 2 amide bonds. The normalized spacial score (nSPS) is 12.7. The van der Waals surface area contributed by atoms with Gasteiger partial charge in [0.2, 0.25) is 11.8 Å². The molecule has 2 N–H and O–H groups in total. The summed E-state index contributed by atoms with van der Waals surface area (Å²) in [4.78, 5) is 26.2. The maximum atomic E-state index is 12.5. The molecule has 0 aliphatic rings. The minimum Gasteiger partial charge on any atom is -0.495 e. The third-order valence-corrected chi connectivity index (χ3v) is 3.56. The molecule has 0 spiro atoms. The average Bonchev–Trinajstić information content (AvgIpc) is 2.44. The van der Waals surface area contributed by atoms with E-state index in [4.69, 9.17) is 4.74 Å². The number of benzene rings is 1. The highest BCUT2D eigenvalue weighted by molar-refractivity contribution is 5.96. The number of carbonyl (C=O) groups excluding carboxylic acids is 2. The molecule has 0 aliphatic heterocycles. The van der Waals surface area contributed by atoms with E-state index < -0.39 is 6.04 Å². The Morgan fingerprint density at radius 3 is 2.46 bits per heavy atom. The number of anilines is 1. The SMILES string of the molecule is COc1ccc(C)cc1NC(=O)C(C)N(C)CC(=O)NC(C)(C)C. The summed E-state index contributed by atoms with van der Waals surface area (Å²) in [5.41, 5.74) is 1.36. The van der Waals surface area contributed by atoms with Gasteiger partial charge in [0.15, 0.2) is 0 Å². The quantitative estimate of drug-likeness (QED) is 0.836. The standard InChI is InChI=1S/C18H29N3O3/c1-12-8-9-15(24-7)14(10-12)19-17(23)13(2)21(6)11-16(22)20-18(3,4)5/h8-10,13H,11H2,1-7H3,(H,19,23)(H,20,22). The zero-order valence-corrected chi connectivity index (χ0v) is 15.7. The van der Waals surface area contributed by atoms with Crippen molar-refractivity contribution in [1.29, 1.82) is 0 Å². The fourth-order valence-electron chi connectivity index (χ4n) is 2.18. The van der Waals surface area contributed by atoms with Gasteiger partial charge in [-0.25, -0.2) is 0 Å². The Labute approximate surface area is 144 Å². The number of carbonyl (C=O) groups is 2. The molecule has 0 heterocycles. The summed E-state index contributed by atoms with van der Waals surface area (Å²) in [6.07, 6.45) is 0. The Morgan fingerprint density at radius 1 is 1.29 bits per heavy atom. The van der Waals surface area contributed by atoms with Gasteiger partial charge in [-0.3, -0.25) is 14.5 Å². The summed E-state index contributed by atoms with van der Waals surface area (Å²) in [6.45, 7) is 9.63. The van der Waals surface area contributed by atoms with Crippen molar-refractivity contribution in [1.82, 2.24) is 10.2 Å². The van der Waals surface area contributed by atoms with E-state index in [-0.39, 0.29) is 23.9 Å². The van der Waals surface area contributed by atoms with Gasteiger partial charge < -0.3 is 15.4 Å². The molecule has 0 fully saturated rings. The topological polar surface area (TPSA) is 70.7 Å². The number of ether oxygens (including phenoxy) is 1. The second-order valence-electron chi connectivity index (χ2n) is 7.08. The van der Waals surface area contributed by atoms with Crippen molar-refractivity contribution in [2.24, 2.45) is 0 Å². The molecular formula is C18H29N3O3. The van der Waals surface area contributed by atoms with Crippen LogP contribution in [0.1, 0.15) is 33.3 Å². The first-order valence-corrected chi connectivity index (χ1v) is 8.00. The van der Waals surface area contributed by atoms with Crippen LogP contribution in [-0.4, -0.2) is 49.0 Å². The highest BCUT2D eigenvalue weighted by Gasteiger charge is 2.22. The van der Waals surface area contributed by atoms with Crippen LogP contribution in [0.2, 0.25) is 0 Å². The molecular weight excluding hydrogens is 306 g/mol. The van der Waals surface area contributed by atoms with Crippen LogP contribution in [-0.2, 0) is 9.59 Å². The first kappa shape index (κ1) is 20.0. The summed E-state index contributed by atoms with van der Waals surface area (Å²) in [6, 6.07) is 5.13. The maximum absolute atomic E-state index is 12.5. The molecule has 24 heavy (non-hydrogen) atoms. The van der Waals surface area contributed by atoms with Crippen LogP contribution in [0, 0.1) is 6.92 Å². The summed E-state index contributed by atoms with van der Waals surface area (Å²) in [5.74, 6) is 0.303. The average molecular weight is 335 g/mol. The van der Waals surface area contributed by atoms with E-state index in [9.17, 15) is 9.59 Å². The molecule has 1 atom stereocenters. The van der Waals surface area contributed by atoms with E-state index in [2.05, 4.69) is 10.6 Å². The third kappa shape index (κ3) is 6.20. The molecule has 0 aromatic heterocycles. The van der Waals surface area contributed by atoms with Crippen LogP contribution >= 0.6 is 0 Å². The summed E-state index contributed by atoms with van der Waals surface area (Å²) < 4.78 is 5.27. The Bertz CT molecular complexity index is 594. The zero-order valence-electron chi connectivity index (χ0n) is 15.7. The highest BCUT2D eigenvalue weighted by atomic mass is 16.5. The molecule has 0 bridgehead atoms. The van der Waals surface area contributed by atoms with Gasteiger partial charge in [0.05, 0.1) is 25.4 Å². The van der Waals surface area contributed by atoms with E-state index in [0.717, 1.165) is 5.56 Å². The van der Waals surface area contributed by atoms with Crippen molar-refractivity contribution >= 4 is 17.5 Å². The predicted octanol–water partition coefficient (Wildman–Crippen LogP) is 2.18. The predicted molar refractivity (Wildman–Crippen MR) is 96.3 cm³/mol. The lowest BCUT2D eigenvalue weighted by molar-refractivity contribution is -0.125. The van der Waals surface area contributed by atoms with Gasteiger partial charge in [0.25, 0.3) is 0 Å². The Balaban J connectivity index is 2.70. The van der Waals surface area contributed by atoms with Gasteiger partial charge in [-0.05, 0) is 59.4 Å². The van der Waals surface area contributed by atoms with Crippen LogP contribution in [0.3, 0.4) is 0 Å². The lowest BCUT2D eigenvalue weighted by Gasteiger charge is -2.26. The van der Waals surface area contributed by atoms with Gasteiger partial charge in [-0.2, -0.15) is 0 Å². The van der Waals surface area contributed by atoms with Crippen molar-refractivity contribution in [2.45, 2.75) is 46.2 Å². The molecule has 1 unspecified atom stereocenters. The van der Waals surface area contributed by atoms with Crippen molar-refractivity contribution in [3.05, 3.63) is 23.8 Å². The summed E-state index contributed by atoms with van der Waals surface area (Å²) >= 11 is 0. The lowest BCUT2D eigenvalue weighted by Crippen LogP contribution is -2.49. The number of methoxy groups -OCH3 is 1. The Morgan fingerprint density at radius 2 is 1.92 bits per heavy atom. The number of nitrogens with one attached hydrogen (secondary N) is 2. The number of nitrogens with zero attached hydrogens (tertiary/aromatic N) is 1. The van der Waals surface area contributed by atoms with Gasteiger partial charge in [-0.15, -0.1) is 0 Å². The van der Waals surface area contributed by atoms with Crippen molar-refractivity contribution < 1.29 is 14.3 Å². The van der Waals surface area contributed by atoms with Gasteiger partial charge >= 0.3 is 0 Å². The molecule has 6 nitrogen and oxygen atoms in total. The van der Waals surface area contributed by atoms with Crippen molar-refractivity contribution in [2.75, 3.05) is 26.0 Å². The molecule has 1 aromatic rings. The van der Waals surface area contributed by atoms with Gasteiger partial charge in [0.1, 0.15) is 5.75 Å². The van der Waals surface area contributed by atoms with E-state index in [0.29, 0.717) is 11.4 Å². The first-order valence-electron chi connectivity index (χ1n) is 8.00. The van der Waals surface area contributed by atoms with E-state index in [1.807, 2.05) is 45.9 Å². The fraction of sp³-hybridized carbons (Fsp3) is 0.556. The number of likely N-dealkylation sites (N-methyl/N-ethyl adjacent to an activating group) is 1. The third-order valence-electron chi connectivity index (χ3n) is 3.56. The number of hydrogen-bond acceptors (Lipinski definition) is 4. The molecule has 6 heteroatoms. The maximum Gasteiger partial charge on any atom is 0.241 e. The van der Waals surface area contributed by atoms with Crippen LogP contribution in [0.4, 0.5) is 5.69 Å². The molecule has 0 radical (unpaired) electrons. The molecule has 0 saturated carbocycles. The second kappa shape index (κ2) is 8.15. The molecule has 0 aliphatic carbocycles. The smallest absolute Gasteiger partial charge is 0.241 e. The van der Waals surface area contributed by atoms with Crippen LogP contribution in [0.15, 0.2) is 18.2 Å². The number of rotatable bonds is 6. The minimum atomic E-state index is -0.457. The number of aryl methyl sites for hydroxylation is 1. The van der Waals surface area contributed by atoms with E-state index >= 15 is 0 Å². The summed E-state index contributed by atoms with van der Waals surface area (Å²) in [5, 5.41) is 5.75. The zero-order chi connectivity index (χ0) is 18.5. The number of amides is 2. The minimum absolute atomic E-state index is 0.113. The number of hydrogen-bond donors (Lipinski definition) is 2. The van der Waals surface area contributed by atoms with Crippen molar-refractivity contribution in [3.63, 3.8) is 0 Å². The van der Waals surface area contributed by atoms with Crippen LogP contribution in [0.25, 0.3) is 0 Å². The highest BCUT2D eigenvalue weighted by Crippen LogP contribution is 2.25. The van der Waals surface area contributed by atoms with E-state index in [1.54, 1.807) is 26.0 Å². The van der Waals surface area contributed by atoms with E-state index in [1.165, 1.54) is 0 Å². The molecule has 1 aromatic carbocycles. The largest absolute Gasteiger partial charge is 0.495 e. The van der Waals surface area contributed by atoms with Crippen molar-refractivity contribution in [3.8, 4) is 5.75 Å². The summed E-state index contributed by atoms with van der Waals surface area (Å²) in [7, 11) is 3.31. The van der Waals surface area contributed by atoms with Gasteiger partial charge in [0, 0.05) is 5.54 Å². The Kier molecular flexibility index (Phi) is 6.78.